The number of nitrogen functional groups attached to an aromatic ring is 1. The fraction of sp³-hybridized carbons (Fsp3) is 0.500. The summed E-state index contributed by atoms with van der Waals surface area (Å²) in [6, 6.07) is 3.98. The standard InChI is InChI=1S/C12H18FNO2S/c1-9(2)8-16-3-4-17(15)12-6-10(13)5-11(14)7-12/h5-7,9H,3-4,8,14H2,1-2H3. The molecule has 0 bridgehead atoms. The summed E-state index contributed by atoms with van der Waals surface area (Å²) in [7, 11) is -1.26. The van der Waals surface area contributed by atoms with E-state index in [0.717, 1.165) is 0 Å². The molecule has 0 saturated heterocycles. The number of nitrogens with two attached hydrogens (primary N) is 1. The van der Waals surface area contributed by atoms with E-state index in [9.17, 15) is 8.60 Å². The first-order valence-electron chi connectivity index (χ1n) is 5.51. The Morgan fingerprint density at radius 3 is 2.71 bits per heavy atom. The van der Waals surface area contributed by atoms with Gasteiger partial charge in [0.05, 0.1) is 23.2 Å². The van der Waals surface area contributed by atoms with Gasteiger partial charge in [0.25, 0.3) is 0 Å². The second kappa shape index (κ2) is 6.71. The number of benzene rings is 1. The highest BCUT2D eigenvalue weighted by Crippen LogP contribution is 2.14. The maximum Gasteiger partial charge on any atom is 0.126 e. The van der Waals surface area contributed by atoms with E-state index >= 15 is 0 Å². The number of ether oxygens (including phenoxy) is 1. The van der Waals surface area contributed by atoms with Gasteiger partial charge in [0.1, 0.15) is 5.82 Å². The smallest absolute Gasteiger partial charge is 0.126 e. The van der Waals surface area contributed by atoms with Crippen LogP contribution in [0.5, 0.6) is 0 Å². The van der Waals surface area contributed by atoms with Gasteiger partial charge in [0, 0.05) is 17.2 Å². The molecule has 1 aromatic carbocycles. The van der Waals surface area contributed by atoms with Crippen molar-refractivity contribution >= 4 is 16.5 Å². The first-order valence-corrected chi connectivity index (χ1v) is 6.83. The highest BCUT2D eigenvalue weighted by atomic mass is 32.2. The van der Waals surface area contributed by atoms with Gasteiger partial charge in [0.2, 0.25) is 0 Å². The Morgan fingerprint density at radius 2 is 2.12 bits per heavy atom. The quantitative estimate of drug-likeness (QED) is 0.629. The van der Waals surface area contributed by atoms with Crippen LogP contribution in [0.25, 0.3) is 0 Å². The summed E-state index contributed by atoms with van der Waals surface area (Å²) in [5.41, 5.74) is 5.77. The molecule has 0 aliphatic carbocycles. The molecule has 1 unspecified atom stereocenters. The Balaban J connectivity index is 2.47. The third-order valence-corrected chi connectivity index (χ3v) is 3.32. The van der Waals surface area contributed by atoms with E-state index in [1.807, 2.05) is 13.8 Å². The minimum atomic E-state index is -1.26. The maximum atomic E-state index is 13.0. The molecule has 0 saturated carbocycles. The minimum Gasteiger partial charge on any atom is -0.399 e. The van der Waals surface area contributed by atoms with Gasteiger partial charge >= 0.3 is 0 Å². The maximum absolute atomic E-state index is 13.0. The highest BCUT2D eigenvalue weighted by Gasteiger charge is 2.07. The van der Waals surface area contributed by atoms with E-state index in [0.29, 0.717) is 29.8 Å². The van der Waals surface area contributed by atoms with Crippen molar-refractivity contribution < 1.29 is 13.3 Å². The number of anilines is 1. The van der Waals surface area contributed by atoms with Gasteiger partial charge in [-0.15, -0.1) is 0 Å². The highest BCUT2D eigenvalue weighted by molar-refractivity contribution is 7.85. The molecule has 0 heterocycles. The Labute approximate surface area is 104 Å². The molecule has 0 aliphatic rings. The second-order valence-electron chi connectivity index (χ2n) is 4.24. The van der Waals surface area contributed by atoms with Crippen LogP contribution in [0.1, 0.15) is 13.8 Å². The summed E-state index contributed by atoms with van der Waals surface area (Å²) >= 11 is 0. The molecular formula is C12H18FNO2S. The first-order chi connectivity index (χ1) is 7.99. The largest absolute Gasteiger partial charge is 0.399 e. The van der Waals surface area contributed by atoms with Gasteiger partial charge in [-0.05, 0) is 24.1 Å². The molecule has 17 heavy (non-hydrogen) atoms. The average Bonchev–Trinajstić information content (AvgIpc) is 2.22. The Kier molecular flexibility index (Phi) is 5.58. The van der Waals surface area contributed by atoms with Gasteiger partial charge in [-0.1, -0.05) is 13.8 Å². The molecule has 5 heteroatoms. The lowest BCUT2D eigenvalue weighted by atomic mass is 10.2. The Bertz CT molecular complexity index is 376. The van der Waals surface area contributed by atoms with Crippen molar-refractivity contribution in [3.8, 4) is 0 Å². The van der Waals surface area contributed by atoms with Crippen LogP contribution in [0, 0.1) is 11.7 Å². The Hall–Kier alpha value is -0.940. The fourth-order valence-corrected chi connectivity index (χ4v) is 2.30. The van der Waals surface area contributed by atoms with Crippen LogP contribution in [-0.2, 0) is 15.5 Å². The molecule has 1 atom stereocenters. The molecule has 0 fully saturated rings. The van der Waals surface area contributed by atoms with Crippen molar-refractivity contribution in [1.29, 1.82) is 0 Å². The normalized spacial score (nSPS) is 12.9. The van der Waals surface area contributed by atoms with Crippen LogP contribution in [0.15, 0.2) is 23.1 Å². The van der Waals surface area contributed by atoms with E-state index in [1.54, 1.807) is 0 Å². The SMILES string of the molecule is CC(C)COCCS(=O)c1cc(N)cc(F)c1. The fourth-order valence-electron chi connectivity index (χ4n) is 1.29. The monoisotopic (exact) mass is 259 g/mol. The molecule has 0 amide bonds. The van der Waals surface area contributed by atoms with Crippen molar-refractivity contribution in [3.05, 3.63) is 24.0 Å². The molecule has 0 aliphatic heterocycles. The lowest BCUT2D eigenvalue weighted by molar-refractivity contribution is 0.123. The van der Waals surface area contributed by atoms with Crippen LogP contribution >= 0.6 is 0 Å². The first kappa shape index (κ1) is 14.1. The summed E-state index contributed by atoms with van der Waals surface area (Å²) in [6.45, 7) is 5.14. The summed E-state index contributed by atoms with van der Waals surface area (Å²) in [5, 5.41) is 0. The lowest BCUT2D eigenvalue weighted by Gasteiger charge is -2.07. The molecule has 0 radical (unpaired) electrons. The summed E-state index contributed by atoms with van der Waals surface area (Å²) in [5.74, 6) is 0.347. The third kappa shape index (κ3) is 5.28. The number of halogens is 1. The zero-order chi connectivity index (χ0) is 12.8. The number of hydrogen-bond donors (Lipinski definition) is 1. The van der Waals surface area contributed by atoms with Crippen LogP contribution in [0.3, 0.4) is 0 Å². The molecular weight excluding hydrogens is 241 g/mol. The van der Waals surface area contributed by atoms with Crippen molar-refractivity contribution in [2.75, 3.05) is 24.7 Å². The summed E-state index contributed by atoms with van der Waals surface area (Å²) in [6.07, 6.45) is 0. The topological polar surface area (TPSA) is 52.3 Å². The molecule has 1 rings (SSSR count). The van der Waals surface area contributed by atoms with Crippen molar-refractivity contribution in [1.82, 2.24) is 0 Å². The minimum absolute atomic E-state index is 0.288. The predicted molar refractivity (Wildman–Crippen MR) is 67.7 cm³/mol. The molecule has 2 N–H and O–H groups in total. The van der Waals surface area contributed by atoms with Crippen molar-refractivity contribution in [3.63, 3.8) is 0 Å². The molecule has 0 spiro atoms. The van der Waals surface area contributed by atoms with E-state index in [2.05, 4.69) is 0 Å². The molecule has 3 nitrogen and oxygen atoms in total. The number of rotatable bonds is 6. The van der Waals surface area contributed by atoms with E-state index < -0.39 is 16.6 Å². The third-order valence-electron chi connectivity index (χ3n) is 2.02. The zero-order valence-electron chi connectivity index (χ0n) is 10.1. The van der Waals surface area contributed by atoms with Gasteiger partial charge in [-0.25, -0.2) is 4.39 Å². The van der Waals surface area contributed by atoms with Crippen molar-refractivity contribution in [2.45, 2.75) is 18.7 Å². The average molecular weight is 259 g/mol. The Morgan fingerprint density at radius 1 is 1.41 bits per heavy atom. The summed E-state index contributed by atoms with van der Waals surface area (Å²) in [4.78, 5) is 0.413. The van der Waals surface area contributed by atoms with Crippen LogP contribution < -0.4 is 5.73 Å². The van der Waals surface area contributed by atoms with Gasteiger partial charge in [-0.2, -0.15) is 0 Å². The van der Waals surface area contributed by atoms with Gasteiger partial charge < -0.3 is 10.5 Å². The van der Waals surface area contributed by atoms with Crippen LogP contribution in [-0.4, -0.2) is 23.2 Å². The molecule has 0 aromatic heterocycles. The van der Waals surface area contributed by atoms with Crippen LogP contribution in [0.4, 0.5) is 10.1 Å². The predicted octanol–water partition coefficient (Wildman–Crippen LogP) is 2.19. The molecule has 96 valence electrons. The number of hydrogen-bond acceptors (Lipinski definition) is 3. The van der Waals surface area contributed by atoms with Crippen LogP contribution in [0.2, 0.25) is 0 Å². The van der Waals surface area contributed by atoms with Crippen molar-refractivity contribution in [2.24, 2.45) is 5.92 Å². The van der Waals surface area contributed by atoms with E-state index in [-0.39, 0.29) is 5.69 Å². The van der Waals surface area contributed by atoms with Gasteiger partial charge in [-0.3, -0.25) is 4.21 Å². The van der Waals surface area contributed by atoms with Gasteiger partial charge in [0.15, 0.2) is 0 Å². The summed E-state index contributed by atoms with van der Waals surface area (Å²) < 4.78 is 30.2. The zero-order valence-corrected chi connectivity index (χ0v) is 10.9. The second-order valence-corrected chi connectivity index (χ2v) is 5.81. The lowest BCUT2D eigenvalue weighted by Crippen LogP contribution is -2.10. The van der Waals surface area contributed by atoms with E-state index in [1.165, 1.54) is 18.2 Å². The molecule has 1 aromatic rings. The van der Waals surface area contributed by atoms with E-state index in [4.69, 9.17) is 10.5 Å².